The molecule has 0 aliphatic heterocycles. The first-order valence-corrected chi connectivity index (χ1v) is 38.6. The zero-order chi connectivity index (χ0) is 69.0. The molecule has 0 saturated carbocycles. The van der Waals surface area contributed by atoms with E-state index in [1.165, 1.54) is 154 Å². The van der Waals surface area contributed by atoms with Crippen LogP contribution in [0.1, 0.15) is 309 Å². The first kappa shape index (κ1) is 89.9. The third-order valence-electron chi connectivity index (χ3n) is 16.3. The van der Waals surface area contributed by atoms with Gasteiger partial charge in [-0.15, -0.1) is 0 Å². The Morgan fingerprint density at radius 1 is 0.326 bits per heavy atom. The third-order valence-corrected chi connectivity index (χ3v) is 16.3. The first-order chi connectivity index (χ1) is 46.6. The Labute approximate surface area is 584 Å². The van der Waals surface area contributed by atoms with E-state index in [-0.39, 0.29) is 38.6 Å². The standard InChI is InChI=1S/C86H143NO8/c1-6-8-10-12-14-16-18-20-22-24-26-28-30-32-34-36-38-39-40-41-42-43-44-45-47-49-51-53-55-57-59-61-63-65-67-69-71-73-75-77-84(89)95-82(81-94-86(85(90)91)92-79-78-87(3,4)5)80-93-83(88)76-74-72-70-68-66-64-62-60-58-56-54-52-50-48-46-37-35-33-31-29-27-25-23-21-19-17-15-13-11-9-7-2/h8,10,14,16,19-22,25-28,31-34,38-39,41-42,44-45,49,51,55,57,82,86H,6-7,9,11-13,15,17-18,23-24,29-30,35-37,40,43,46-48,50,52-54,56,58-81H2,1-5H3/b10-8-,16-14-,21-19-,22-20-,27-25-,28-26-,33-31-,34-32-,39-38-,42-41-,45-44-,51-49-,57-55-. The second-order valence-corrected chi connectivity index (χ2v) is 26.6. The summed E-state index contributed by atoms with van der Waals surface area (Å²) in [5, 5.41) is 11.9. The number of rotatable bonds is 70. The molecule has 540 valence electrons. The summed E-state index contributed by atoms with van der Waals surface area (Å²) >= 11 is 0. The summed E-state index contributed by atoms with van der Waals surface area (Å²) in [5.41, 5.74) is 0. The predicted molar refractivity (Wildman–Crippen MR) is 407 cm³/mol. The SMILES string of the molecule is CC/C=C\C/C=C\C/C=C\C/C=C\C/C=C\C/C=C\C/C=C\C/C=C\C/C=C\C/C=C\CCCCCCCCCCC(=O)OC(COC(=O)CCCCCCCCCCCCCCCCCC/C=C\C/C=C\C/C=C\CCCCCCC)COC(OCC[N+](C)(C)C)C(=O)[O-]. The number of hydrogen-bond donors (Lipinski definition) is 0. The number of quaternary nitrogens is 1. The molecule has 2 atom stereocenters. The topological polar surface area (TPSA) is 111 Å². The van der Waals surface area contributed by atoms with E-state index in [1.807, 2.05) is 21.1 Å². The molecule has 9 nitrogen and oxygen atoms in total. The van der Waals surface area contributed by atoms with Crippen LogP contribution in [-0.2, 0) is 33.3 Å². The van der Waals surface area contributed by atoms with Gasteiger partial charge >= 0.3 is 11.9 Å². The molecular weight excluding hydrogens is 1170 g/mol. The normalized spacial score (nSPS) is 13.6. The van der Waals surface area contributed by atoms with Crippen LogP contribution < -0.4 is 5.11 Å². The quantitative estimate of drug-likeness (QED) is 0.0195. The smallest absolute Gasteiger partial charge is 0.306 e. The molecule has 0 aromatic heterocycles. The predicted octanol–water partition coefficient (Wildman–Crippen LogP) is 23.5. The summed E-state index contributed by atoms with van der Waals surface area (Å²) in [7, 11) is 5.93. The molecule has 0 N–H and O–H groups in total. The Morgan fingerprint density at radius 2 is 0.600 bits per heavy atom. The van der Waals surface area contributed by atoms with Gasteiger partial charge in [0.25, 0.3) is 0 Å². The lowest BCUT2D eigenvalue weighted by atomic mass is 10.0. The van der Waals surface area contributed by atoms with Gasteiger partial charge in [0.1, 0.15) is 13.2 Å². The number of likely N-dealkylation sites (N-methyl/N-ethyl adjacent to an activating group) is 1. The van der Waals surface area contributed by atoms with Crippen molar-refractivity contribution in [2.75, 3.05) is 47.5 Å². The highest BCUT2D eigenvalue weighted by molar-refractivity contribution is 5.70. The second-order valence-electron chi connectivity index (χ2n) is 26.6. The van der Waals surface area contributed by atoms with Gasteiger partial charge in [0.05, 0.1) is 40.3 Å². The van der Waals surface area contributed by atoms with E-state index in [0.717, 1.165) is 122 Å². The van der Waals surface area contributed by atoms with E-state index in [1.54, 1.807) is 0 Å². The molecule has 2 unspecified atom stereocenters. The zero-order valence-corrected chi connectivity index (χ0v) is 61.7. The second kappa shape index (κ2) is 74.7. The van der Waals surface area contributed by atoms with Gasteiger partial charge in [-0.3, -0.25) is 9.59 Å². The van der Waals surface area contributed by atoms with Crippen LogP contribution in [0.2, 0.25) is 0 Å². The van der Waals surface area contributed by atoms with E-state index in [0.29, 0.717) is 17.4 Å². The van der Waals surface area contributed by atoms with E-state index in [9.17, 15) is 19.5 Å². The monoisotopic (exact) mass is 1320 g/mol. The average molecular weight is 1320 g/mol. The highest BCUT2D eigenvalue weighted by Crippen LogP contribution is 2.17. The number of carbonyl (C=O) groups is 3. The van der Waals surface area contributed by atoms with Crippen LogP contribution in [0.3, 0.4) is 0 Å². The molecule has 0 aliphatic rings. The van der Waals surface area contributed by atoms with Crippen LogP contribution in [0.5, 0.6) is 0 Å². The van der Waals surface area contributed by atoms with Gasteiger partial charge in [0, 0.05) is 12.8 Å². The number of allylic oxidation sites excluding steroid dienone is 26. The third kappa shape index (κ3) is 76.1. The minimum atomic E-state index is -1.63. The summed E-state index contributed by atoms with van der Waals surface area (Å²) in [6, 6.07) is 0. The number of carboxylic acids is 1. The fourth-order valence-corrected chi connectivity index (χ4v) is 10.4. The number of esters is 2. The van der Waals surface area contributed by atoms with Crippen molar-refractivity contribution in [1.82, 2.24) is 0 Å². The molecule has 0 radical (unpaired) electrons. The molecule has 0 bridgehead atoms. The highest BCUT2D eigenvalue weighted by Gasteiger charge is 2.22. The van der Waals surface area contributed by atoms with Crippen LogP contribution in [0.25, 0.3) is 0 Å². The Morgan fingerprint density at radius 3 is 0.895 bits per heavy atom. The van der Waals surface area contributed by atoms with Gasteiger partial charge in [-0.25, -0.2) is 0 Å². The van der Waals surface area contributed by atoms with Crippen LogP contribution >= 0.6 is 0 Å². The maximum absolute atomic E-state index is 13.0. The van der Waals surface area contributed by atoms with E-state index >= 15 is 0 Å². The number of nitrogens with zero attached hydrogens (tertiary/aromatic N) is 1. The van der Waals surface area contributed by atoms with Gasteiger partial charge in [0.2, 0.25) is 0 Å². The Kier molecular flexibility index (Phi) is 70.7. The molecule has 0 amide bonds. The number of carbonyl (C=O) groups excluding carboxylic acids is 3. The van der Waals surface area contributed by atoms with Crippen LogP contribution in [0.4, 0.5) is 0 Å². The van der Waals surface area contributed by atoms with Crippen molar-refractivity contribution in [2.24, 2.45) is 0 Å². The van der Waals surface area contributed by atoms with Crippen molar-refractivity contribution in [3.63, 3.8) is 0 Å². The summed E-state index contributed by atoms with van der Waals surface area (Å²) in [5.74, 6) is -2.30. The molecule has 0 aromatic rings. The Balaban J connectivity index is 4.14. The zero-order valence-electron chi connectivity index (χ0n) is 61.7. The van der Waals surface area contributed by atoms with Crippen molar-refractivity contribution in [3.8, 4) is 0 Å². The minimum Gasteiger partial charge on any atom is -0.545 e. The Bertz CT molecular complexity index is 2130. The van der Waals surface area contributed by atoms with Crippen molar-refractivity contribution >= 4 is 17.9 Å². The molecule has 0 aromatic carbocycles. The van der Waals surface area contributed by atoms with Crippen molar-refractivity contribution in [2.45, 2.75) is 322 Å². The lowest BCUT2D eigenvalue weighted by Gasteiger charge is -2.26. The maximum atomic E-state index is 13.0. The number of carboxylic acid groups (broad SMARTS) is 1. The largest absolute Gasteiger partial charge is 0.545 e. The summed E-state index contributed by atoms with van der Waals surface area (Å²) < 4.78 is 22.8. The van der Waals surface area contributed by atoms with Gasteiger partial charge < -0.3 is 33.3 Å². The molecule has 0 heterocycles. The lowest BCUT2D eigenvalue weighted by Crippen LogP contribution is -2.44. The molecule has 0 saturated heterocycles. The van der Waals surface area contributed by atoms with Crippen LogP contribution in [0, 0.1) is 0 Å². The number of aliphatic carboxylic acids is 1. The maximum Gasteiger partial charge on any atom is 0.306 e. The van der Waals surface area contributed by atoms with Gasteiger partial charge in [-0.05, 0) is 128 Å². The van der Waals surface area contributed by atoms with E-state index < -0.39 is 24.3 Å². The number of ether oxygens (including phenoxy) is 4. The molecule has 95 heavy (non-hydrogen) atoms. The summed E-state index contributed by atoms with van der Waals surface area (Å²) in [6.07, 6.45) is 108. The van der Waals surface area contributed by atoms with Crippen molar-refractivity contribution < 1.29 is 42.9 Å². The first-order valence-electron chi connectivity index (χ1n) is 38.6. The van der Waals surface area contributed by atoms with Crippen LogP contribution in [0.15, 0.2) is 158 Å². The molecular formula is C86H143NO8. The molecule has 0 aliphatic carbocycles. The lowest BCUT2D eigenvalue weighted by molar-refractivity contribution is -0.870. The van der Waals surface area contributed by atoms with Gasteiger partial charge in [-0.1, -0.05) is 326 Å². The van der Waals surface area contributed by atoms with Crippen molar-refractivity contribution in [3.05, 3.63) is 158 Å². The number of hydrogen-bond acceptors (Lipinski definition) is 8. The average Bonchev–Trinajstić information content (AvgIpc) is 2.92. The van der Waals surface area contributed by atoms with Crippen LogP contribution in [-0.4, -0.2) is 82.3 Å². The highest BCUT2D eigenvalue weighted by atomic mass is 16.7. The number of unbranched alkanes of at least 4 members (excludes halogenated alkanes) is 29. The fourth-order valence-electron chi connectivity index (χ4n) is 10.4. The Hall–Kier alpha value is -5.09. The van der Waals surface area contributed by atoms with Crippen molar-refractivity contribution in [1.29, 1.82) is 0 Å². The molecule has 0 rings (SSSR count). The molecule has 0 spiro atoms. The van der Waals surface area contributed by atoms with Gasteiger partial charge in [0.15, 0.2) is 12.4 Å². The fraction of sp³-hybridized carbons (Fsp3) is 0.663. The molecule has 9 heteroatoms. The molecule has 0 fully saturated rings. The van der Waals surface area contributed by atoms with Gasteiger partial charge in [-0.2, -0.15) is 0 Å². The van der Waals surface area contributed by atoms with E-state index in [2.05, 4.69) is 172 Å². The summed E-state index contributed by atoms with van der Waals surface area (Å²) in [6.45, 7) is 4.62. The minimum absolute atomic E-state index is 0.139. The summed E-state index contributed by atoms with van der Waals surface area (Å²) in [4.78, 5) is 37.6. The van der Waals surface area contributed by atoms with E-state index in [4.69, 9.17) is 18.9 Å².